The highest BCUT2D eigenvalue weighted by molar-refractivity contribution is 5.21. The predicted molar refractivity (Wildman–Crippen MR) is 67.8 cm³/mol. The van der Waals surface area contributed by atoms with E-state index in [1.165, 1.54) is 6.07 Å². The van der Waals surface area contributed by atoms with Crippen LogP contribution in [0.4, 0.5) is 8.78 Å². The Bertz CT molecular complexity index is 408. The molecule has 3 nitrogen and oxygen atoms in total. The number of aliphatic hydroxyl groups excluding tert-OH is 1. The van der Waals surface area contributed by atoms with Crippen LogP contribution in [0.15, 0.2) is 18.2 Å². The molecule has 0 saturated carbocycles. The number of benzene rings is 1. The number of halogens is 2. The van der Waals surface area contributed by atoms with E-state index in [0.29, 0.717) is 6.54 Å². The number of hydrogen-bond acceptors (Lipinski definition) is 3. The second-order valence-electron chi connectivity index (χ2n) is 4.83. The quantitative estimate of drug-likeness (QED) is 0.862. The fraction of sp³-hybridized carbons (Fsp3) is 0.571. The first kappa shape index (κ1) is 14.4. The molecule has 1 heterocycles. The molecule has 1 aromatic carbocycles. The minimum absolute atomic E-state index is 0.110. The SMILES string of the molecule is OC(CNCC1CCCCO1)c1ccc(F)cc1F. The lowest BCUT2D eigenvalue weighted by Crippen LogP contribution is -2.34. The van der Waals surface area contributed by atoms with Crippen molar-refractivity contribution in [3.63, 3.8) is 0 Å². The first-order chi connectivity index (χ1) is 9.16. The Morgan fingerprint density at radius 3 is 2.89 bits per heavy atom. The summed E-state index contributed by atoms with van der Waals surface area (Å²) in [4.78, 5) is 0. The number of ether oxygens (including phenoxy) is 1. The Kier molecular flexibility index (Phi) is 5.24. The van der Waals surface area contributed by atoms with Crippen LogP contribution >= 0.6 is 0 Å². The average Bonchev–Trinajstić information content (AvgIpc) is 2.39. The molecule has 0 amide bonds. The second kappa shape index (κ2) is 6.93. The summed E-state index contributed by atoms with van der Waals surface area (Å²) in [6, 6.07) is 3.20. The van der Waals surface area contributed by atoms with E-state index in [9.17, 15) is 13.9 Å². The van der Waals surface area contributed by atoms with E-state index in [0.717, 1.165) is 38.0 Å². The smallest absolute Gasteiger partial charge is 0.131 e. The van der Waals surface area contributed by atoms with Crippen molar-refractivity contribution < 1.29 is 18.6 Å². The van der Waals surface area contributed by atoms with Gasteiger partial charge in [-0.3, -0.25) is 0 Å². The van der Waals surface area contributed by atoms with E-state index in [2.05, 4.69) is 5.32 Å². The lowest BCUT2D eigenvalue weighted by atomic mass is 10.1. The molecule has 1 aromatic rings. The summed E-state index contributed by atoms with van der Waals surface area (Å²) in [7, 11) is 0. The highest BCUT2D eigenvalue weighted by atomic mass is 19.1. The van der Waals surface area contributed by atoms with Gasteiger partial charge in [0, 0.05) is 31.3 Å². The van der Waals surface area contributed by atoms with Gasteiger partial charge in [-0.2, -0.15) is 0 Å². The molecule has 106 valence electrons. The van der Waals surface area contributed by atoms with Gasteiger partial charge in [0.1, 0.15) is 11.6 Å². The fourth-order valence-electron chi connectivity index (χ4n) is 2.23. The van der Waals surface area contributed by atoms with Crippen LogP contribution in [0.25, 0.3) is 0 Å². The molecule has 0 spiro atoms. The summed E-state index contributed by atoms with van der Waals surface area (Å²) in [5.74, 6) is -1.36. The molecule has 1 aliphatic heterocycles. The Morgan fingerprint density at radius 2 is 2.21 bits per heavy atom. The van der Waals surface area contributed by atoms with Crippen LogP contribution in [-0.4, -0.2) is 30.9 Å². The molecule has 0 radical (unpaired) electrons. The normalized spacial score (nSPS) is 21.3. The zero-order valence-electron chi connectivity index (χ0n) is 10.7. The van der Waals surface area contributed by atoms with Gasteiger partial charge < -0.3 is 15.2 Å². The monoisotopic (exact) mass is 271 g/mol. The van der Waals surface area contributed by atoms with E-state index in [1.54, 1.807) is 0 Å². The summed E-state index contributed by atoms with van der Waals surface area (Å²) >= 11 is 0. The molecule has 5 heteroatoms. The summed E-state index contributed by atoms with van der Waals surface area (Å²) in [5.41, 5.74) is 0.110. The van der Waals surface area contributed by atoms with Crippen molar-refractivity contribution in [1.82, 2.24) is 5.32 Å². The van der Waals surface area contributed by atoms with Crippen molar-refractivity contribution >= 4 is 0 Å². The van der Waals surface area contributed by atoms with Gasteiger partial charge in [-0.05, 0) is 25.3 Å². The summed E-state index contributed by atoms with van der Waals surface area (Å²) in [6.07, 6.45) is 2.44. The van der Waals surface area contributed by atoms with Gasteiger partial charge >= 0.3 is 0 Å². The summed E-state index contributed by atoms with van der Waals surface area (Å²) in [5, 5.41) is 12.9. The predicted octanol–water partition coefficient (Wildman–Crippen LogP) is 2.16. The first-order valence-electron chi connectivity index (χ1n) is 6.62. The van der Waals surface area contributed by atoms with Crippen LogP contribution in [-0.2, 0) is 4.74 Å². The maximum Gasteiger partial charge on any atom is 0.131 e. The van der Waals surface area contributed by atoms with Gasteiger partial charge in [0.05, 0.1) is 12.2 Å². The average molecular weight is 271 g/mol. The number of hydrogen-bond donors (Lipinski definition) is 2. The molecule has 19 heavy (non-hydrogen) atoms. The van der Waals surface area contributed by atoms with Crippen LogP contribution in [0.2, 0.25) is 0 Å². The van der Waals surface area contributed by atoms with Gasteiger partial charge in [0.25, 0.3) is 0 Å². The van der Waals surface area contributed by atoms with Crippen molar-refractivity contribution in [2.45, 2.75) is 31.5 Å². The molecule has 0 aromatic heterocycles. The van der Waals surface area contributed by atoms with Gasteiger partial charge in [-0.1, -0.05) is 6.07 Å². The molecule has 2 atom stereocenters. The van der Waals surface area contributed by atoms with Crippen molar-refractivity contribution in [2.75, 3.05) is 19.7 Å². The van der Waals surface area contributed by atoms with Crippen molar-refractivity contribution in [3.8, 4) is 0 Å². The molecule has 0 aliphatic carbocycles. The Labute approximate surface area is 111 Å². The number of aliphatic hydroxyl groups is 1. The van der Waals surface area contributed by atoms with E-state index >= 15 is 0 Å². The molecular formula is C14H19F2NO2. The lowest BCUT2D eigenvalue weighted by Gasteiger charge is -2.23. The molecule has 2 N–H and O–H groups in total. The maximum atomic E-state index is 13.4. The third kappa shape index (κ3) is 4.23. The molecule has 1 aliphatic rings. The second-order valence-corrected chi connectivity index (χ2v) is 4.83. The molecule has 0 bridgehead atoms. The Balaban J connectivity index is 1.78. The molecule has 2 rings (SSSR count). The van der Waals surface area contributed by atoms with Crippen molar-refractivity contribution in [1.29, 1.82) is 0 Å². The van der Waals surface area contributed by atoms with E-state index in [1.807, 2.05) is 0 Å². The van der Waals surface area contributed by atoms with Crippen LogP contribution in [0.1, 0.15) is 30.9 Å². The Morgan fingerprint density at radius 1 is 1.37 bits per heavy atom. The lowest BCUT2D eigenvalue weighted by molar-refractivity contribution is 0.0151. The first-order valence-corrected chi connectivity index (χ1v) is 6.62. The third-order valence-corrected chi connectivity index (χ3v) is 3.31. The Hall–Kier alpha value is -1.04. The summed E-state index contributed by atoms with van der Waals surface area (Å²) in [6.45, 7) is 1.64. The summed E-state index contributed by atoms with van der Waals surface area (Å²) < 4.78 is 31.7. The molecule has 1 fully saturated rings. The largest absolute Gasteiger partial charge is 0.387 e. The highest BCUT2D eigenvalue weighted by Crippen LogP contribution is 2.17. The van der Waals surface area contributed by atoms with Gasteiger partial charge in [0.2, 0.25) is 0 Å². The molecule has 2 unspecified atom stereocenters. The zero-order valence-corrected chi connectivity index (χ0v) is 10.7. The maximum absolute atomic E-state index is 13.4. The standard InChI is InChI=1S/C14H19F2NO2/c15-10-4-5-12(13(16)7-10)14(18)9-17-8-11-3-1-2-6-19-11/h4-5,7,11,14,17-18H,1-3,6,8-9H2. The molecule has 1 saturated heterocycles. The van der Waals surface area contributed by atoms with Crippen LogP contribution in [0, 0.1) is 11.6 Å². The highest BCUT2D eigenvalue weighted by Gasteiger charge is 2.16. The fourth-order valence-corrected chi connectivity index (χ4v) is 2.23. The van der Waals surface area contributed by atoms with Crippen LogP contribution in [0.5, 0.6) is 0 Å². The topological polar surface area (TPSA) is 41.5 Å². The minimum atomic E-state index is -0.982. The van der Waals surface area contributed by atoms with Gasteiger partial charge in [-0.25, -0.2) is 8.78 Å². The van der Waals surface area contributed by atoms with Crippen molar-refractivity contribution in [2.24, 2.45) is 0 Å². The van der Waals surface area contributed by atoms with E-state index in [4.69, 9.17) is 4.74 Å². The minimum Gasteiger partial charge on any atom is -0.387 e. The zero-order chi connectivity index (χ0) is 13.7. The third-order valence-electron chi connectivity index (χ3n) is 3.31. The number of nitrogens with one attached hydrogen (secondary N) is 1. The van der Waals surface area contributed by atoms with Gasteiger partial charge in [-0.15, -0.1) is 0 Å². The molecular weight excluding hydrogens is 252 g/mol. The van der Waals surface area contributed by atoms with Gasteiger partial charge in [0.15, 0.2) is 0 Å². The van der Waals surface area contributed by atoms with Crippen LogP contribution < -0.4 is 5.32 Å². The van der Waals surface area contributed by atoms with Crippen molar-refractivity contribution in [3.05, 3.63) is 35.4 Å². The number of rotatable bonds is 5. The van der Waals surface area contributed by atoms with E-state index in [-0.39, 0.29) is 18.2 Å². The van der Waals surface area contributed by atoms with E-state index < -0.39 is 17.7 Å². The van der Waals surface area contributed by atoms with Crippen LogP contribution in [0.3, 0.4) is 0 Å².